The number of carboxylic acid groups (broad SMARTS) is 1. The number of aliphatic carboxylic acids is 1. The molecule has 2 rings (SSSR count). The van der Waals surface area contributed by atoms with Crippen LogP contribution in [0.25, 0.3) is 0 Å². The third kappa shape index (κ3) is 4.45. The molecule has 1 heterocycles. The number of carbonyl (C=O) groups excluding carboxylic acids is 2. The summed E-state index contributed by atoms with van der Waals surface area (Å²) in [5.41, 5.74) is 0.759. The van der Waals surface area contributed by atoms with Gasteiger partial charge in [0.05, 0.1) is 0 Å². The smallest absolute Gasteiger partial charge is 0.429 e. The Kier molecular flexibility index (Phi) is 5.56. The summed E-state index contributed by atoms with van der Waals surface area (Å²) in [6.07, 6.45) is -0.468. The Labute approximate surface area is 134 Å². The average molecular weight is 320 g/mol. The molecule has 23 heavy (non-hydrogen) atoms. The number of hydrogen-bond donors (Lipinski definition) is 1. The van der Waals surface area contributed by atoms with Crippen molar-refractivity contribution in [3.8, 4) is 0 Å². The maximum Gasteiger partial charge on any atom is 0.429 e. The Morgan fingerprint density at radius 1 is 1.13 bits per heavy atom. The fourth-order valence-electron chi connectivity index (χ4n) is 2.47. The van der Waals surface area contributed by atoms with Crippen molar-refractivity contribution in [1.29, 1.82) is 0 Å². The Morgan fingerprint density at radius 2 is 1.74 bits per heavy atom. The molecule has 0 aromatic heterocycles. The van der Waals surface area contributed by atoms with Crippen molar-refractivity contribution < 1.29 is 24.2 Å². The molecule has 1 aliphatic rings. The standard InChI is InChI=1S/C16H20N2O5/c1-12(19)17-9-5-6-10-18(17)16(22)23-14(15(20)21)11-13-7-3-2-4-8-13/h2-4,7-8,14H,5-6,9-11H2,1H3,(H,20,21). The van der Waals surface area contributed by atoms with Crippen LogP contribution in [0.15, 0.2) is 30.3 Å². The minimum Gasteiger partial charge on any atom is -0.478 e. The molecule has 1 saturated heterocycles. The van der Waals surface area contributed by atoms with E-state index in [1.807, 2.05) is 6.07 Å². The highest BCUT2D eigenvalue weighted by molar-refractivity contribution is 5.80. The minimum absolute atomic E-state index is 0.0792. The first-order chi connectivity index (χ1) is 11.0. The lowest BCUT2D eigenvalue weighted by atomic mass is 10.1. The predicted octanol–water partition coefficient (Wildman–Crippen LogP) is 1.68. The number of carboxylic acids is 1. The maximum atomic E-state index is 12.3. The molecule has 1 aliphatic heterocycles. The van der Waals surface area contributed by atoms with Gasteiger partial charge in [0, 0.05) is 26.4 Å². The van der Waals surface area contributed by atoms with Crippen molar-refractivity contribution in [2.75, 3.05) is 13.1 Å². The topological polar surface area (TPSA) is 87.2 Å². The van der Waals surface area contributed by atoms with Gasteiger partial charge in [0.25, 0.3) is 0 Å². The van der Waals surface area contributed by atoms with Gasteiger partial charge >= 0.3 is 12.1 Å². The first-order valence-corrected chi connectivity index (χ1v) is 7.52. The third-order valence-corrected chi connectivity index (χ3v) is 3.64. The third-order valence-electron chi connectivity index (χ3n) is 3.64. The van der Waals surface area contributed by atoms with Crippen LogP contribution >= 0.6 is 0 Å². The highest BCUT2D eigenvalue weighted by Gasteiger charge is 2.31. The van der Waals surface area contributed by atoms with E-state index in [1.54, 1.807) is 24.3 Å². The van der Waals surface area contributed by atoms with Crippen molar-refractivity contribution in [3.05, 3.63) is 35.9 Å². The normalized spacial score (nSPS) is 15.9. The zero-order valence-corrected chi connectivity index (χ0v) is 13.0. The van der Waals surface area contributed by atoms with Crippen LogP contribution in [0.2, 0.25) is 0 Å². The van der Waals surface area contributed by atoms with E-state index >= 15 is 0 Å². The fraction of sp³-hybridized carbons (Fsp3) is 0.438. The molecule has 0 radical (unpaired) electrons. The molecule has 0 bridgehead atoms. The lowest BCUT2D eigenvalue weighted by Crippen LogP contribution is -2.53. The van der Waals surface area contributed by atoms with E-state index in [9.17, 15) is 19.5 Å². The van der Waals surface area contributed by atoms with Crippen LogP contribution in [0.3, 0.4) is 0 Å². The van der Waals surface area contributed by atoms with Crippen molar-refractivity contribution in [2.45, 2.75) is 32.3 Å². The molecule has 1 aromatic carbocycles. The summed E-state index contributed by atoms with van der Waals surface area (Å²) in [6.45, 7) is 2.14. The van der Waals surface area contributed by atoms with Crippen LogP contribution in [-0.2, 0) is 20.7 Å². The minimum atomic E-state index is -1.29. The van der Waals surface area contributed by atoms with E-state index < -0.39 is 18.2 Å². The Bertz CT molecular complexity index is 575. The summed E-state index contributed by atoms with van der Waals surface area (Å²) in [7, 11) is 0. The van der Waals surface area contributed by atoms with E-state index in [4.69, 9.17) is 4.74 Å². The lowest BCUT2D eigenvalue weighted by molar-refractivity contribution is -0.153. The van der Waals surface area contributed by atoms with E-state index in [0.29, 0.717) is 13.1 Å². The van der Waals surface area contributed by atoms with Crippen molar-refractivity contribution in [3.63, 3.8) is 0 Å². The average Bonchev–Trinajstić information content (AvgIpc) is 2.55. The lowest BCUT2D eigenvalue weighted by Gasteiger charge is -2.37. The first kappa shape index (κ1) is 16.8. The SMILES string of the molecule is CC(=O)N1CCCCN1C(=O)OC(Cc1ccccc1)C(=O)O. The zero-order valence-electron chi connectivity index (χ0n) is 13.0. The van der Waals surface area contributed by atoms with E-state index in [1.165, 1.54) is 16.9 Å². The van der Waals surface area contributed by atoms with Gasteiger partial charge in [-0.25, -0.2) is 19.6 Å². The summed E-state index contributed by atoms with van der Waals surface area (Å²) in [6, 6.07) is 8.94. The van der Waals surface area contributed by atoms with Gasteiger partial charge in [-0.15, -0.1) is 0 Å². The van der Waals surface area contributed by atoms with E-state index in [2.05, 4.69) is 0 Å². The van der Waals surface area contributed by atoms with Crippen LogP contribution in [-0.4, -0.2) is 52.3 Å². The van der Waals surface area contributed by atoms with Gasteiger partial charge in [-0.05, 0) is 18.4 Å². The number of rotatable bonds is 4. The largest absolute Gasteiger partial charge is 0.478 e. The molecule has 1 aromatic rings. The summed E-state index contributed by atoms with van der Waals surface area (Å²) < 4.78 is 5.13. The zero-order chi connectivity index (χ0) is 16.8. The molecule has 1 N–H and O–H groups in total. The second-order valence-corrected chi connectivity index (χ2v) is 5.37. The number of ether oxygens (including phenoxy) is 1. The number of nitrogens with zero attached hydrogens (tertiary/aromatic N) is 2. The van der Waals surface area contributed by atoms with Crippen molar-refractivity contribution >= 4 is 18.0 Å². The molecule has 1 atom stereocenters. The highest BCUT2D eigenvalue weighted by atomic mass is 16.6. The number of carbonyl (C=O) groups is 3. The fourth-order valence-corrected chi connectivity index (χ4v) is 2.47. The van der Waals surface area contributed by atoms with Crippen molar-refractivity contribution in [2.24, 2.45) is 0 Å². The monoisotopic (exact) mass is 320 g/mol. The second kappa shape index (κ2) is 7.62. The molecule has 7 heteroatoms. The quantitative estimate of drug-likeness (QED) is 0.912. The predicted molar refractivity (Wildman–Crippen MR) is 81.4 cm³/mol. The molecule has 0 aliphatic carbocycles. The Morgan fingerprint density at radius 3 is 2.30 bits per heavy atom. The van der Waals surface area contributed by atoms with Crippen LogP contribution in [0.4, 0.5) is 4.79 Å². The van der Waals surface area contributed by atoms with E-state index in [0.717, 1.165) is 18.4 Å². The summed E-state index contributed by atoms with van der Waals surface area (Å²) in [5, 5.41) is 11.8. The van der Waals surface area contributed by atoms with Crippen LogP contribution < -0.4 is 0 Å². The van der Waals surface area contributed by atoms with Gasteiger partial charge < -0.3 is 9.84 Å². The molecular weight excluding hydrogens is 300 g/mol. The number of amides is 2. The highest BCUT2D eigenvalue weighted by Crippen LogP contribution is 2.15. The first-order valence-electron chi connectivity index (χ1n) is 7.52. The Hall–Kier alpha value is -2.57. The molecule has 1 unspecified atom stereocenters. The molecule has 0 saturated carbocycles. The van der Waals surface area contributed by atoms with Gasteiger partial charge in [-0.3, -0.25) is 4.79 Å². The molecule has 124 valence electrons. The molecule has 2 amide bonds. The number of hydrazine groups is 1. The van der Waals surface area contributed by atoms with Crippen LogP contribution in [0, 0.1) is 0 Å². The summed E-state index contributed by atoms with van der Waals surface area (Å²) >= 11 is 0. The van der Waals surface area contributed by atoms with Gasteiger partial charge in [0.15, 0.2) is 0 Å². The van der Waals surface area contributed by atoms with Gasteiger partial charge in [0.2, 0.25) is 12.0 Å². The van der Waals surface area contributed by atoms with E-state index in [-0.39, 0.29) is 12.3 Å². The van der Waals surface area contributed by atoms with Crippen molar-refractivity contribution in [1.82, 2.24) is 10.0 Å². The second-order valence-electron chi connectivity index (χ2n) is 5.37. The molecular formula is C16H20N2O5. The van der Waals surface area contributed by atoms with Gasteiger partial charge in [0.1, 0.15) is 0 Å². The number of hydrogen-bond acceptors (Lipinski definition) is 4. The Balaban J connectivity index is 2.05. The summed E-state index contributed by atoms with van der Waals surface area (Å²) in [4.78, 5) is 35.2. The van der Waals surface area contributed by atoms with Crippen LogP contribution in [0.5, 0.6) is 0 Å². The number of benzene rings is 1. The molecule has 0 spiro atoms. The van der Waals surface area contributed by atoms with Crippen LogP contribution in [0.1, 0.15) is 25.3 Å². The van der Waals surface area contributed by atoms with Gasteiger partial charge in [-0.2, -0.15) is 0 Å². The molecule has 7 nitrogen and oxygen atoms in total. The maximum absolute atomic E-state index is 12.3. The van der Waals surface area contributed by atoms with Gasteiger partial charge in [-0.1, -0.05) is 30.3 Å². The molecule has 1 fully saturated rings. The summed E-state index contributed by atoms with van der Waals surface area (Å²) in [5.74, 6) is -1.48.